The number of methoxy groups -OCH3 is 1. The van der Waals surface area contributed by atoms with Gasteiger partial charge in [0.2, 0.25) is 5.91 Å². The SMILES string of the molecule is CCn1c(SCC(=O)Nc2ccc(OC)cc2)nnc1-c1cnccn1. The summed E-state index contributed by atoms with van der Waals surface area (Å²) in [5, 5.41) is 11.9. The fourth-order valence-electron chi connectivity index (χ4n) is 2.29. The molecule has 2 aromatic heterocycles. The quantitative estimate of drug-likeness (QED) is 0.638. The molecule has 26 heavy (non-hydrogen) atoms. The van der Waals surface area contributed by atoms with Crippen molar-refractivity contribution in [3.05, 3.63) is 42.9 Å². The second-order valence-electron chi connectivity index (χ2n) is 5.21. The number of anilines is 1. The van der Waals surface area contributed by atoms with Gasteiger partial charge in [0.05, 0.1) is 19.1 Å². The van der Waals surface area contributed by atoms with E-state index in [0.717, 1.165) is 5.75 Å². The van der Waals surface area contributed by atoms with Crippen molar-refractivity contribution < 1.29 is 9.53 Å². The Kier molecular flexibility index (Phi) is 5.80. The van der Waals surface area contributed by atoms with E-state index in [2.05, 4.69) is 25.5 Å². The molecule has 0 aliphatic rings. The van der Waals surface area contributed by atoms with Crippen LogP contribution in [-0.2, 0) is 11.3 Å². The molecule has 0 radical (unpaired) electrons. The number of nitrogens with one attached hydrogen (secondary N) is 1. The van der Waals surface area contributed by atoms with Crippen LogP contribution >= 0.6 is 11.8 Å². The van der Waals surface area contributed by atoms with E-state index in [1.165, 1.54) is 11.8 Å². The van der Waals surface area contributed by atoms with Crippen LogP contribution in [0.1, 0.15) is 6.92 Å². The molecule has 0 saturated heterocycles. The summed E-state index contributed by atoms with van der Waals surface area (Å²) >= 11 is 1.33. The van der Waals surface area contributed by atoms with Crippen molar-refractivity contribution in [1.29, 1.82) is 0 Å². The number of hydrogen-bond acceptors (Lipinski definition) is 7. The number of ether oxygens (including phenoxy) is 1. The van der Waals surface area contributed by atoms with Crippen LogP contribution in [0.25, 0.3) is 11.5 Å². The predicted molar refractivity (Wildman–Crippen MR) is 99.1 cm³/mol. The number of benzene rings is 1. The summed E-state index contributed by atoms with van der Waals surface area (Å²) < 4.78 is 7.01. The highest BCUT2D eigenvalue weighted by Crippen LogP contribution is 2.22. The maximum Gasteiger partial charge on any atom is 0.234 e. The summed E-state index contributed by atoms with van der Waals surface area (Å²) in [6.45, 7) is 2.66. The molecule has 0 unspecified atom stereocenters. The molecule has 0 saturated carbocycles. The van der Waals surface area contributed by atoms with Crippen molar-refractivity contribution in [3.8, 4) is 17.3 Å². The van der Waals surface area contributed by atoms with Gasteiger partial charge in [0.25, 0.3) is 0 Å². The number of carbonyl (C=O) groups excluding carboxylic acids is 1. The predicted octanol–water partition coefficient (Wildman–Crippen LogP) is 2.49. The first kappa shape index (κ1) is 17.9. The van der Waals surface area contributed by atoms with Crippen molar-refractivity contribution in [1.82, 2.24) is 24.7 Å². The number of carbonyl (C=O) groups is 1. The number of thioether (sulfide) groups is 1. The van der Waals surface area contributed by atoms with E-state index >= 15 is 0 Å². The number of aromatic nitrogens is 5. The third kappa shape index (κ3) is 4.17. The molecule has 0 aliphatic heterocycles. The molecule has 0 aliphatic carbocycles. The molecule has 134 valence electrons. The van der Waals surface area contributed by atoms with Gasteiger partial charge >= 0.3 is 0 Å². The topological polar surface area (TPSA) is 94.8 Å². The molecule has 3 aromatic rings. The molecule has 3 rings (SSSR count). The van der Waals surface area contributed by atoms with E-state index in [1.807, 2.05) is 11.5 Å². The van der Waals surface area contributed by atoms with E-state index in [1.54, 1.807) is 50.0 Å². The molecule has 1 N–H and O–H groups in total. The zero-order valence-corrected chi connectivity index (χ0v) is 15.2. The van der Waals surface area contributed by atoms with Gasteiger partial charge in [0.15, 0.2) is 11.0 Å². The Labute approximate surface area is 155 Å². The van der Waals surface area contributed by atoms with E-state index < -0.39 is 0 Å². The normalized spacial score (nSPS) is 10.5. The Morgan fingerprint density at radius 3 is 2.69 bits per heavy atom. The van der Waals surface area contributed by atoms with Crippen molar-refractivity contribution in [2.24, 2.45) is 0 Å². The number of hydrogen-bond donors (Lipinski definition) is 1. The third-order valence-electron chi connectivity index (χ3n) is 3.53. The minimum Gasteiger partial charge on any atom is -0.497 e. The van der Waals surface area contributed by atoms with Gasteiger partial charge in [0.1, 0.15) is 11.4 Å². The van der Waals surface area contributed by atoms with Gasteiger partial charge in [-0.15, -0.1) is 10.2 Å². The molecular formula is C17H18N6O2S. The molecule has 2 heterocycles. The molecule has 1 amide bonds. The Morgan fingerprint density at radius 1 is 1.23 bits per heavy atom. The lowest BCUT2D eigenvalue weighted by atomic mass is 10.3. The lowest BCUT2D eigenvalue weighted by Gasteiger charge is -2.08. The summed E-state index contributed by atoms with van der Waals surface area (Å²) in [6, 6.07) is 7.18. The Bertz CT molecular complexity index is 867. The second-order valence-corrected chi connectivity index (χ2v) is 6.15. The van der Waals surface area contributed by atoms with Crippen LogP contribution < -0.4 is 10.1 Å². The van der Waals surface area contributed by atoms with Crippen molar-refractivity contribution >= 4 is 23.4 Å². The third-order valence-corrected chi connectivity index (χ3v) is 4.50. The van der Waals surface area contributed by atoms with E-state index in [0.29, 0.717) is 28.9 Å². The molecule has 1 aromatic carbocycles. The Hall–Kier alpha value is -2.94. The van der Waals surface area contributed by atoms with Crippen molar-refractivity contribution in [2.45, 2.75) is 18.6 Å². The zero-order chi connectivity index (χ0) is 18.4. The molecule has 9 heteroatoms. The number of amides is 1. The van der Waals surface area contributed by atoms with Crippen LogP contribution in [0.15, 0.2) is 48.0 Å². The summed E-state index contributed by atoms with van der Waals surface area (Å²) in [4.78, 5) is 20.5. The van der Waals surface area contributed by atoms with Gasteiger partial charge in [-0.2, -0.15) is 0 Å². The first-order chi connectivity index (χ1) is 12.7. The van der Waals surface area contributed by atoms with Crippen LogP contribution in [-0.4, -0.2) is 43.5 Å². The smallest absolute Gasteiger partial charge is 0.234 e. The van der Waals surface area contributed by atoms with Crippen LogP contribution in [0.2, 0.25) is 0 Å². The van der Waals surface area contributed by atoms with E-state index in [-0.39, 0.29) is 11.7 Å². The highest BCUT2D eigenvalue weighted by Gasteiger charge is 2.15. The standard InChI is InChI=1S/C17H18N6O2S/c1-3-23-16(14-10-18-8-9-19-14)21-22-17(23)26-11-15(24)20-12-4-6-13(25-2)7-5-12/h4-10H,3,11H2,1-2H3,(H,20,24). The van der Waals surface area contributed by atoms with Crippen molar-refractivity contribution in [3.63, 3.8) is 0 Å². The summed E-state index contributed by atoms with van der Waals surface area (Å²) in [5.74, 6) is 1.49. The largest absolute Gasteiger partial charge is 0.497 e. The average Bonchev–Trinajstić information content (AvgIpc) is 3.10. The van der Waals surface area contributed by atoms with Gasteiger partial charge in [-0.3, -0.25) is 9.78 Å². The summed E-state index contributed by atoms with van der Waals surface area (Å²) in [7, 11) is 1.60. The Morgan fingerprint density at radius 2 is 2.04 bits per heavy atom. The number of rotatable bonds is 7. The lowest BCUT2D eigenvalue weighted by molar-refractivity contribution is -0.113. The first-order valence-corrected chi connectivity index (χ1v) is 8.96. The van der Waals surface area contributed by atoms with Crippen LogP contribution in [0, 0.1) is 0 Å². The fraction of sp³-hybridized carbons (Fsp3) is 0.235. The van der Waals surface area contributed by atoms with Gasteiger partial charge < -0.3 is 14.6 Å². The van der Waals surface area contributed by atoms with Crippen LogP contribution in [0.3, 0.4) is 0 Å². The molecular weight excluding hydrogens is 352 g/mol. The second kappa shape index (κ2) is 8.43. The molecule has 8 nitrogen and oxygen atoms in total. The van der Waals surface area contributed by atoms with Gasteiger partial charge in [-0.05, 0) is 31.2 Å². The highest BCUT2D eigenvalue weighted by molar-refractivity contribution is 7.99. The van der Waals surface area contributed by atoms with Crippen LogP contribution in [0.4, 0.5) is 5.69 Å². The Balaban J connectivity index is 1.64. The van der Waals surface area contributed by atoms with Gasteiger partial charge in [-0.1, -0.05) is 11.8 Å². The first-order valence-electron chi connectivity index (χ1n) is 7.97. The molecule has 0 fully saturated rings. The van der Waals surface area contributed by atoms with Crippen molar-refractivity contribution in [2.75, 3.05) is 18.2 Å². The van der Waals surface area contributed by atoms with Crippen LogP contribution in [0.5, 0.6) is 5.75 Å². The number of nitrogens with zero attached hydrogens (tertiary/aromatic N) is 5. The van der Waals surface area contributed by atoms with Gasteiger partial charge in [-0.25, -0.2) is 4.98 Å². The fourth-order valence-corrected chi connectivity index (χ4v) is 3.09. The average molecular weight is 370 g/mol. The monoisotopic (exact) mass is 370 g/mol. The summed E-state index contributed by atoms with van der Waals surface area (Å²) in [6.07, 6.45) is 4.86. The minimum absolute atomic E-state index is 0.119. The zero-order valence-electron chi connectivity index (χ0n) is 14.4. The molecule has 0 atom stereocenters. The van der Waals surface area contributed by atoms with E-state index in [4.69, 9.17) is 4.74 Å². The highest BCUT2D eigenvalue weighted by atomic mass is 32.2. The molecule has 0 bridgehead atoms. The molecule has 0 spiro atoms. The summed E-state index contributed by atoms with van der Waals surface area (Å²) in [5.41, 5.74) is 1.37. The maximum absolute atomic E-state index is 12.2. The minimum atomic E-state index is -0.119. The lowest BCUT2D eigenvalue weighted by Crippen LogP contribution is -2.14. The maximum atomic E-state index is 12.2. The van der Waals surface area contributed by atoms with Gasteiger partial charge in [0, 0.05) is 24.6 Å². The van der Waals surface area contributed by atoms with E-state index in [9.17, 15) is 4.79 Å².